The molecule has 0 atom stereocenters. The zero-order valence-corrected chi connectivity index (χ0v) is 21.1. The molecule has 5 nitrogen and oxygen atoms in total. The van der Waals surface area contributed by atoms with Gasteiger partial charge in [-0.3, -0.25) is 14.9 Å². The molecule has 0 radical (unpaired) electrons. The van der Waals surface area contributed by atoms with E-state index in [0.717, 1.165) is 55.9 Å². The molecule has 1 aliphatic rings. The van der Waals surface area contributed by atoms with Gasteiger partial charge < -0.3 is 10.6 Å². The van der Waals surface area contributed by atoms with E-state index in [1.54, 1.807) is 0 Å². The van der Waals surface area contributed by atoms with Gasteiger partial charge in [-0.1, -0.05) is 28.1 Å². The molecule has 2 heterocycles. The minimum Gasteiger partial charge on any atom is -0.356 e. The first kappa shape index (κ1) is 24.1. The monoisotopic (exact) mass is 571 g/mol. The summed E-state index contributed by atoms with van der Waals surface area (Å²) >= 11 is 3.50. The molecule has 0 aliphatic carbocycles. The van der Waals surface area contributed by atoms with Crippen LogP contribution < -0.4 is 10.6 Å². The number of nitrogens with zero attached hydrogens (tertiary/aromatic N) is 3. The lowest BCUT2D eigenvalue weighted by Gasteiger charge is -2.33. The van der Waals surface area contributed by atoms with E-state index in [0.29, 0.717) is 6.04 Å². The van der Waals surface area contributed by atoms with Crippen LogP contribution in [0.25, 0.3) is 0 Å². The Hall–Kier alpha value is -1.19. The number of pyridine rings is 1. The topological polar surface area (TPSA) is 52.6 Å². The van der Waals surface area contributed by atoms with Gasteiger partial charge in [0, 0.05) is 56.1 Å². The standard InChI is InChI=1S/C22H30BrN5.HI/c1-17-15-25-11-7-19(17)8-12-26-22(24-2)27-21-9-13-28(14-10-21)16-18-3-5-20(23)6-4-18;/h3-7,11,15,21H,8-10,12-14,16H2,1-2H3,(H2,24,26,27);1H. The number of nitrogens with one attached hydrogen (secondary N) is 2. The Bertz CT molecular complexity index is 773. The number of hydrogen-bond acceptors (Lipinski definition) is 3. The molecule has 29 heavy (non-hydrogen) atoms. The third kappa shape index (κ3) is 7.86. The van der Waals surface area contributed by atoms with Crippen molar-refractivity contribution in [3.63, 3.8) is 0 Å². The van der Waals surface area contributed by atoms with Crippen molar-refractivity contribution in [2.24, 2.45) is 4.99 Å². The van der Waals surface area contributed by atoms with Gasteiger partial charge in [-0.05, 0) is 61.1 Å². The van der Waals surface area contributed by atoms with Crippen molar-refractivity contribution in [3.05, 3.63) is 63.9 Å². The summed E-state index contributed by atoms with van der Waals surface area (Å²) in [7, 11) is 1.84. The molecule has 7 heteroatoms. The van der Waals surface area contributed by atoms with Gasteiger partial charge in [-0.15, -0.1) is 24.0 Å². The average molecular weight is 572 g/mol. The summed E-state index contributed by atoms with van der Waals surface area (Å²) in [5.74, 6) is 0.901. The Morgan fingerprint density at radius 2 is 1.93 bits per heavy atom. The van der Waals surface area contributed by atoms with Crippen LogP contribution in [0, 0.1) is 6.92 Å². The van der Waals surface area contributed by atoms with Crippen molar-refractivity contribution < 1.29 is 0 Å². The van der Waals surface area contributed by atoms with E-state index < -0.39 is 0 Å². The van der Waals surface area contributed by atoms with Gasteiger partial charge >= 0.3 is 0 Å². The molecule has 0 saturated carbocycles. The Labute approximate surface area is 199 Å². The Morgan fingerprint density at radius 1 is 1.21 bits per heavy atom. The van der Waals surface area contributed by atoms with Crippen molar-refractivity contribution >= 4 is 45.9 Å². The highest BCUT2D eigenvalue weighted by Gasteiger charge is 2.20. The van der Waals surface area contributed by atoms with Crippen LogP contribution >= 0.6 is 39.9 Å². The van der Waals surface area contributed by atoms with Crippen LogP contribution in [0.15, 0.2) is 52.2 Å². The van der Waals surface area contributed by atoms with Gasteiger partial charge in [-0.25, -0.2) is 0 Å². The SMILES string of the molecule is CN=C(NCCc1ccncc1C)NC1CCN(Cc2ccc(Br)cc2)CC1.I. The van der Waals surface area contributed by atoms with Crippen LogP contribution in [0.3, 0.4) is 0 Å². The number of benzene rings is 1. The van der Waals surface area contributed by atoms with Crippen LogP contribution in [0.1, 0.15) is 29.5 Å². The van der Waals surface area contributed by atoms with E-state index in [1.165, 1.54) is 16.7 Å². The molecular weight excluding hydrogens is 541 g/mol. The second kappa shape index (κ2) is 12.5. The molecule has 1 aromatic carbocycles. The van der Waals surface area contributed by atoms with Gasteiger partial charge in [0.15, 0.2) is 5.96 Å². The maximum absolute atomic E-state index is 4.39. The first-order chi connectivity index (χ1) is 13.6. The predicted molar refractivity (Wildman–Crippen MR) is 135 cm³/mol. The third-order valence-electron chi connectivity index (χ3n) is 5.29. The Morgan fingerprint density at radius 3 is 2.59 bits per heavy atom. The number of guanidine groups is 1. The van der Waals surface area contributed by atoms with Crippen molar-refractivity contribution in [1.82, 2.24) is 20.5 Å². The van der Waals surface area contributed by atoms with Gasteiger partial charge in [0.05, 0.1) is 0 Å². The zero-order chi connectivity index (χ0) is 19.8. The van der Waals surface area contributed by atoms with Gasteiger partial charge in [0.1, 0.15) is 0 Å². The predicted octanol–water partition coefficient (Wildman–Crippen LogP) is 4.14. The normalized spacial score (nSPS) is 15.6. The van der Waals surface area contributed by atoms with Crippen molar-refractivity contribution in [2.75, 3.05) is 26.7 Å². The Kier molecular flexibility index (Phi) is 10.4. The summed E-state index contributed by atoms with van der Waals surface area (Å²) in [5, 5.41) is 7.04. The molecule has 158 valence electrons. The molecule has 1 aliphatic heterocycles. The number of rotatable bonds is 6. The molecule has 0 spiro atoms. The summed E-state index contributed by atoms with van der Waals surface area (Å²) in [6.45, 7) is 6.23. The van der Waals surface area contributed by atoms with E-state index in [1.807, 2.05) is 19.4 Å². The van der Waals surface area contributed by atoms with E-state index >= 15 is 0 Å². The number of likely N-dealkylation sites (tertiary alicyclic amines) is 1. The van der Waals surface area contributed by atoms with Crippen LogP contribution in [-0.2, 0) is 13.0 Å². The van der Waals surface area contributed by atoms with Crippen LogP contribution in [0.4, 0.5) is 0 Å². The number of aliphatic imine (C=N–C) groups is 1. The highest BCUT2D eigenvalue weighted by atomic mass is 127. The fourth-order valence-corrected chi connectivity index (χ4v) is 3.83. The molecule has 0 unspecified atom stereocenters. The first-order valence-corrected chi connectivity index (χ1v) is 10.8. The van der Waals surface area contributed by atoms with Gasteiger partial charge in [-0.2, -0.15) is 0 Å². The minimum absolute atomic E-state index is 0. The highest BCUT2D eigenvalue weighted by Crippen LogP contribution is 2.16. The molecule has 0 amide bonds. The van der Waals surface area contributed by atoms with Gasteiger partial charge in [0.2, 0.25) is 0 Å². The molecular formula is C22H31BrIN5. The maximum atomic E-state index is 4.39. The number of aromatic nitrogens is 1. The van der Waals surface area contributed by atoms with E-state index in [4.69, 9.17) is 0 Å². The first-order valence-electron chi connectivity index (χ1n) is 9.97. The lowest BCUT2D eigenvalue weighted by molar-refractivity contribution is 0.198. The van der Waals surface area contributed by atoms with Crippen LogP contribution in [0.5, 0.6) is 0 Å². The van der Waals surface area contributed by atoms with Crippen LogP contribution in [0.2, 0.25) is 0 Å². The van der Waals surface area contributed by atoms with Crippen molar-refractivity contribution in [1.29, 1.82) is 0 Å². The van der Waals surface area contributed by atoms with Crippen LogP contribution in [-0.4, -0.2) is 48.6 Å². The molecule has 2 N–H and O–H groups in total. The summed E-state index contributed by atoms with van der Waals surface area (Å²) in [5.41, 5.74) is 3.95. The molecule has 1 fully saturated rings. The lowest BCUT2D eigenvalue weighted by atomic mass is 10.0. The number of piperidine rings is 1. The quantitative estimate of drug-likeness (QED) is 0.311. The summed E-state index contributed by atoms with van der Waals surface area (Å²) in [6, 6.07) is 11.2. The number of hydrogen-bond donors (Lipinski definition) is 2. The minimum atomic E-state index is 0. The van der Waals surface area contributed by atoms with E-state index in [2.05, 4.69) is 78.7 Å². The molecule has 1 aromatic heterocycles. The molecule has 3 rings (SSSR count). The van der Waals surface area contributed by atoms with Crippen molar-refractivity contribution in [3.8, 4) is 0 Å². The molecule has 0 bridgehead atoms. The summed E-state index contributed by atoms with van der Waals surface area (Å²) < 4.78 is 1.14. The van der Waals surface area contributed by atoms with E-state index in [-0.39, 0.29) is 24.0 Å². The Balaban J connectivity index is 0.00000300. The summed E-state index contributed by atoms with van der Waals surface area (Å²) in [4.78, 5) is 11.1. The smallest absolute Gasteiger partial charge is 0.191 e. The molecule has 1 saturated heterocycles. The third-order valence-corrected chi connectivity index (χ3v) is 5.82. The largest absolute Gasteiger partial charge is 0.356 e. The molecule has 2 aromatic rings. The second-order valence-corrected chi connectivity index (χ2v) is 8.29. The highest BCUT2D eigenvalue weighted by molar-refractivity contribution is 14.0. The zero-order valence-electron chi connectivity index (χ0n) is 17.2. The fourth-order valence-electron chi connectivity index (χ4n) is 3.57. The fraction of sp³-hybridized carbons (Fsp3) is 0.455. The summed E-state index contributed by atoms with van der Waals surface area (Å²) in [6.07, 6.45) is 7.03. The number of halogens is 2. The average Bonchev–Trinajstić information content (AvgIpc) is 2.71. The second-order valence-electron chi connectivity index (χ2n) is 7.37. The lowest BCUT2D eigenvalue weighted by Crippen LogP contribution is -2.48. The van der Waals surface area contributed by atoms with E-state index in [9.17, 15) is 0 Å². The number of aryl methyl sites for hydroxylation is 1. The van der Waals surface area contributed by atoms with Gasteiger partial charge in [0.25, 0.3) is 0 Å². The van der Waals surface area contributed by atoms with Crippen molar-refractivity contribution in [2.45, 2.75) is 38.8 Å². The maximum Gasteiger partial charge on any atom is 0.191 e.